The van der Waals surface area contributed by atoms with Gasteiger partial charge in [-0.05, 0) is 49.2 Å². The number of methoxy groups -OCH3 is 1. The van der Waals surface area contributed by atoms with Crippen LogP contribution in [0.25, 0.3) is 0 Å². The molecule has 1 fully saturated rings. The van der Waals surface area contributed by atoms with Gasteiger partial charge >= 0.3 is 0 Å². The fourth-order valence-corrected chi connectivity index (χ4v) is 4.55. The van der Waals surface area contributed by atoms with E-state index in [0.29, 0.717) is 30.0 Å². The minimum atomic E-state index is -1.00. The molecule has 0 radical (unpaired) electrons. The average Bonchev–Trinajstić information content (AvgIpc) is 2.69. The number of ether oxygens (including phenoxy) is 1. The number of amides is 1. The maximum absolute atomic E-state index is 12.8. The van der Waals surface area contributed by atoms with Crippen molar-refractivity contribution in [3.05, 3.63) is 65.7 Å². The summed E-state index contributed by atoms with van der Waals surface area (Å²) >= 11 is 0. The molecule has 0 saturated carbocycles. The van der Waals surface area contributed by atoms with Crippen LogP contribution in [-0.2, 0) is 31.8 Å². The Kier molecular flexibility index (Phi) is 8.63. The van der Waals surface area contributed by atoms with Crippen molar-refractivity contribution in [3.8, 4) is 0 Å². The zero-order valence-electron chi connectivity index (χ0n) is 16.0. The molecule has 2 N–H and O–H groups in total. The van der Waals surface area contributed by atoms with Crippen LogP contribution >= 0.6 is 12.4 Å². The van der Waals surface area contributed by atoms with Gasteiger partial charge in [-0.3, -0.25) is 9.00 Å². The summed E-state index contributed by atoms with van der Waals surface area (Å²) in [7, 11) is 0.589. The summed E-state index contributed by atoms with van der Waals surface area (Å²) in [5.74, 6) is 0.865. The van der Waals surface area contributed by atoms with Gasteiger partial charge in [-0.25, -0.2) is 0 Å². The molecule has 152 valence electrons. The van der Waals surface area contributed by atoms with Gasteiger partial charge in [-0.1, -0.05) is 42.5 Å². The van der Waals surface area contributed by atoms with Gasteiger partial charge in [0.2, 0.25) is 0 Å². The van der Waals surface area contributed by atoms with Gasteiger partial charge in [0.05, 0.1) is 0 Å². The van der Waals surface area contributed by atoms with E-state index in [-0.39, 0.29) is 18.3 Å². The van der Waals surface area contributed by atoms with Crippen molar-refractivity contribution < 1.29 is 13.7 Å². The van der Waals surface area contributed by atoms with Crippen molar-refractivity contribution in [2.75, 3.05) is 25.5 Å². The molecule has 5 nitrogen and oxygen atoms in total. The third-order valence-corrected chi connectivity index (χ3v) is 6.21. The molecule has 3 rings (SSSR count). The normalized spacial score (nSPS) is 16.6. The molecule has 1 amide bonds. The second-order valence-electron chi connectivity index (χ2n) is 6.82. The molecule has 1 aliphatic heterocycles. The Bertz CT molecular complexity index is 795. The SMILES string of the molecule is COC1(C(=O)Nc2cccc(CS(=O)Cc3ccccc3)c2)CCNCC1.Cl. The number of benzene rings is 2. The molecular weight excluding hydrogens is 396 g/mol. The lowest BCUT2D eigenvalue weighted by atomic mass is 9.91. The number of hydrogen-bond donors (Lipinski definition) is 2. The van der Waals surface area contributed by atoms with Crippen LogP contribution in [0, 0.1) is 0 Å². The van der Waals surface area contributed by atoms with Crippen LogP contribution in [-0.4, -0.2) is 35.9 Å². The Hall–Kier alpha value is -1.73. The molecule has 0 spiro atoms. The Morgan fingerprint density at radius 1 is 1.07 bits per heavy atom. The largest absolute Gasteiger partial charge is 0.368 e. The predicted octanol–water partition coefficient (Wildman–Crippen LogP) is 3.26. The van der Waals surface area contributed by atoms with Crippen LogP contribution in [0.4, 0.5) is 5.69 Å². The van der Waals surface area contributed by atoms with E-state index < -0.39 is 16.4 Å². The van der Waals surface area contributed by atoms with E-state index in [2.05, 4.69) is 10.6 Å². The third kappa shape index (κ3) is 5.88. The average molecular weight is 423 g/mol. The molecule has 1 unspecified atom stereocenters. The highest BCUT2D eigenvalue weighted by Crippen LogP contribution is 2.25. The van der Waals surface area contributed by atoms with Crippen molar-refractivity contribution in [1.82, 2.24) is 5.32 Å². The van der Waals surface area contributed by atoms with Crippen LogP contribution in [0.1, 0.15) is 24.0 Å². The van der Waals surface area contributed by atoms with Crippen LogP contribution in [0.5, 0.6) is 0 Å². The van der Waals surface area contributed by atoms with Crippen LogP contribution < -0.4 is 10.6 Å². The standard InChI is InChI=1S/C21H26N2O3S.ClH/c1-26-21(10-12-22-13-11-21)20(24)23-19-9-5-8-18(14-19)16-27(25)15-17-6-3-2-4-7-17;/h2-9,14,22H,10-13,15-16H2,1H3,(H,23,24);1H. The number of carbonyl (C=O) groups is 1. The Morgan fingerprint density at radius 3 is 2.39 bits per heavy atom. The summed E-state index contributed by atoms with van der Waals surface area (Å²) in [6.07, 6.45) is 1.30. The molecular formula is C21H27ClN2O3S. The molecule has 1 saturated heterocycles. The van der Waals surface area contributed by atoms with Crippen molar-refractivity contribution in [2.24, 2.45) is 0 Å². The van der Waals surface area contributed by atoms with Gasteiger partial charge in [-0.2, -0.15) is 0 Å². The summed E-state index contributed by atoms with van der Waals surface area (Å²) in [5.41, 5.74) is 1.94. The maximum Gasteiger partial charge on any atom is 0.256 e. The van der Waals surface area contributed by atoms with Gasteiger partial charge in [0.15, 0.2) is 0 Å². The van der Waals surface area contributed by atoms with E-state index >= 15 is 0 Å². The fourth-order valence-electron chi connectivity index (χ4n) is 3.34. The lowest BCUT2D eigenvalue weighted by Crippen LogP contribution is -2.51. The highest BCUT2D eigenvalue weighted by molar-refractivity contribution is 7.83. The van der Waals surface area contributed by atoms with Crippen molar-refractivity contribution in [3.63, 3.8) is 0 Å². The van der Waals surface area contributed by atoms with E-state index in [1.807, 2.05) is 54.6 Å². The topological polar surface area (TPSA) is 67.4 Å². The van der Waals surface area contributed by atoms with Gasteiger partial charge < -0.3 is 15.4 Å². The molecule has 1 heterocycles. The second kappa shape index (κ2) is 10.7. The smallest absolute Gasteiger partial charge is 0.256 e. The number of rotatable bonds is 7. The first kappa shape index (κ1) is 22.6. The third-order valence-electron chi connectivity index (χ3n) is 4.90. The molecule has 0 aliphatic carbocycles. The lowest BCUT2D eigenvalue weighted by Gasteiger charge is -2.34. The Morgan fingerprint density at radius 2 is 1.71 bits per heavy atom. The highest BCUT2D eigenvalue weighted by Gasteiger charge is 2.39. The highest BCUT2D eigenvalue weighted by atomic mass is 35.5. The second-order valence-corrected chi connectivity index (χ2v) is 8.27. The Balaban J connectivity index is 0.00000280. The van der Waals surface area contributed by atoms with Crippen LogP contribution in [0.15, 0.2) is 54.6 Å². The van der Waals surface area contributed by atoms with Gasteiger partial charge in [0.25, 0.3) is 5.91 Å². The molecule has 28 heavy (non-hydrogen) atoms. The molecule has 0 aromatic heterocycles. The molecule has 2 aromatic carbocycles. The maximum atomic E-state index is 12.8. The van der Waals surface area contributed by atoms with Crippen LogP contribution in [0.2, 0.25) is 0 Å². The summed E-state index contributed by atoms with van der Waals surface area (Å²) in [5, 5.41) is 6.23. The van der Waals surface area contributed by atoms with Gasteiger partial charge in [0.1, 0.15) is 5.60 Å². The number of halogens is 1. The minimum Gasteiger partial charge on any atom is -0.368 e. The summed E-state index contributed by atoms with van der Waals surface area (Å²) < 4.78 is 18.0. The van der Waals surface area contributed by atoms with Crippen molar-refractivity contribution >= 4 is 34.8 Å². The monoisotopic (exact) mass is 422 g/mol. The number of anilines is 1. The summed E-state index contributed by atoms with van der Waals surface area (Å²) in [6, 6.07) is 17.4. The first-order chi connectivity index (χ1) is 13.1. The molecule has 7 heteroatoms. The minimum absolute atomic E-state index is 0. The van der Waals surface area contributed by atoms with Crippen molar-refractivity contribution in [2.45, 2.75) is 29.9 Å². The molecule has 0 bridgehead atoms. The van der Waals surface area contributed by atoms with E-state index in [4.69, 9.17) is 4.74 Å². The number of hydrogen-bond acceptors (Lipinski definition) is 4. The molecule has 2 aromatic rings. The molecule has 1 atom stereocenters. The number of piperidine rings is 1. The van der Waals surface area contributed by atoms with Gasteiger partial charge in [0, 0.05) is 35.1 Å². The number of carbonyl (C=O) groups excluding carboxylic acids is 1. The van der Waals surface area contributed by atoms with Crippen LogP contribution in [0.3, 0.4) is 0 Å². The van der Waals surface area contributed by atoms with E-state index in [9.17, 15) is 9.00 Å². The Labute approximate surface area is 175 Å². The lowest BCUT2D eigenvalue weighted by molar-refractivity contribution is -0.140. The zero-order valence-corrected chi connectivity index (χ0v) is 17.6. The zero-order chi connectivity index (χ0) is 19.1. The fraction of sp³-hybridized carbons (Fsp3) is 0.381. The summed E-state index contributed by atoms with van der Waals surface area (Å²) in [6.45, 7) is 1.53. The van der Waals surface area contributed by atoms with E-state index in [0.717, 1.165) is 24.2 Å². The number of nitrogens with one attached hydrogen (secondary N) is 2. The predicted molar refractivity (Wildman–Crippen MR) is 116 cm³/mol. The summed E-state index contributed by atoms with van der Waals surface area (Å²) in [4.78, 5) is 12.8. The quantitative estimate of drug-likeness (QED) is 0.718. The molecule has 1 aliphatic rings. The van der Waals surface area contributed by atoms with E-state index in [1.54, 1.807) is 7.11 Å². The van der Waals surface area contributed by atoms with E-state index in [1.165, 1.54) is 0 Å². The van der Waals surface area contributed by atoms with Crippen molar-refractivity contribution in [1.29, 1.82) is 0 Å². The van der Waals surface area contributed by atoms with Gasteiger partial charge in [-0.15, -0.1) is 12.4 Å². The first-order valence-corrected chi connectivity index (χ1v) is 10.7. The first-order valence-electron chi connectivity index (χ1n) is 9.16.